The molecule has 10 heteroatoms. The summed E-state index contributed by atoms with van der Waals surface area (Å²) in [6.45, 7) is 0. The quantitative estimate of drug-likeness (QED) is 0.259. The predicted molar refractivity (Wildman–Crippen MR) is 8.95 cm³/mol. The van der Waals surface area contributed by atoms with Crippen LogP contribution in [0.2, 0.25) is 0 Å². The van der Waals surface area contributed by atoms with Gasteiger partial charge in [-0.25, -0.2) is 0 Å². The molecule has 0 heterocycles. The van der Waals surface area contributed by atoms with Gasteiger partial charge in [0.2, 0.25) is 0 Å². The zero-order valence-electron chi connectivity index (χ0n) is 5.34. The van der Waals surface area contributed by atoms with Gasteiger partial charge in [0.15, 0.2) is 5.34 Å². The van der Waals surface area contributed by atoms with Crippen LogP contribution in [0.1, 0.15) is 0 Å². The fraction of sp³-hybridized carbons (Fsp3) is 0. The third-order valence-corrected chi connectivity index (χ3v) is 0. The van der Waals surface area contributed by atoms with Crippen LogP contribution in [0, 0.1) is 4.91 Å². The molecule has 0 aromatic carbocycles. The van der Waals surface area contributed by atoms with Crippen LogP contribution in [0.15, 0.2) is 5.34 Å². The molecule has 0 saturated heterocycles. The van der Waals surface area contributed by atoms with Crippen molar-refractivity contribution in [2.75, 3.05) is 0 Å². The second-order valence-corrected chi connectivity index (χ2v) is 2.50. The van der Waals surface area contributed by atoms with E-state index in [9.17, 15) is 0 Å². The first-order valence-electron chi connectivity index (χ1n) is 1.05. The summed E-state index contributed by atoms with van der Waals surface area (Å²) in [4.78, 5) is 8.11. The van der Waals surface area contributed by atoms with Gasteiger partial charge in [-0.1, -0.05) is 0 Å². The molecular formula is HMoNNa2O6. The third-order valence-electron chi connectivity index (χ3n) is 0. The summed E-state index contributed by atoms with van der Waals surface area (Å²) in [5, 5.41) is 7.89. The molecule has 0 aromatic rings. The van der Waals surface area contributed by atoms with Gasteiger partial charge in [0.25, 0.3) is 0 Å². The minimum absolute atomic E-state index is 0. The van der Waals surface area contributed by atoms with Gasteiger partial charge >= 0.3 is 90.2 Å². The molecule has 0 aliphatic heterocycles. The van der Waals surface area contributed by atoms with Crippen LogP contribution >= 0.6 is 0 Å². The summed E-state index contributed by atoms with van der Waals surface area (Å²) in [5.41, 5.74) is 0. The topological polar surface area (TPSA) is 130 Å². The average molecular weight is 253 g/mol. The second kappa shape index (κ2) is 13.2. The van der Waals surface area contributed by atoms with Crippen LogP contribution < -0.4 is 66.6 Å². The molecule has 0 amide bonds. The molecule has 0 fully saturated rings. The molecule has 0 aliphatic rings. The van der Waals surface area contributed by atoms with Crippen molar-refractivity contribution < 1.29 is 95.4 Å². The van der Waals surface area contributed by atoms with Gasteiger partial charge in [-0.05, 0) is 0 Å². The van der Waals surface area contributed by atoms with Crippen molar-refractivity contribution >= 4 is 0 Å². The van der Waals surface area contributed by atoms with E-state index in [4.69, 9.17) is 24.4 Å². The normalized spacial score (nSPS) is 7.00. The molecule has 7 nitrogen and oxygen atoms in total. The summed E-state index contributed by atoms with van der Waals surface area (Å²) in [6, 6.07) is 0. The molecule has 0 saturated carbocycles. The molecule has 0 aliphatic carbocycles. The Morgan fingerprint density at radius 1 is 1.20 bits per heavy atom. The summed E-state index contributed by atoms with van der Waals surface area (Å²) in [5.74, 6) is 0. The van der Waals surface area contributed by atoms with E-state index in [0.29, 0.717) is 0 Å². The Labute approximate surface area is 104 Å². The van der Waals surface area contributed by atoms with Crippen molar-refractivity contribution in [1.82, 2.24) is 0 Å². The van der Waals surface area contributed by atoms with E-state index in [1.54, 1.807) is 0 Å². The molecule has 0 bridgehead atoms. The third kappa shape index (κ3) is 275. The molecule has 0 unspecified atom stereocenters. The van der Waals surface area contributed by atoms with Crippen molar-refractivity contribution in [3.8, 4) is 0 Å². The molecule has 50 valence electrons. The summed E-state index contributed by atoms with van der Waals surface area (Å²) in [7, 11) is 0. The van der Waals surface area contributed by atoms with Crippen LogP contribution in [0.5, 0.6) is 0 Å². The first-order chi connectivity index (χ1) is 3.41. The Bertz CT molecular complexity index is 130. The van der Waals surface area contributed by atoms with E-state index in [0.717, 1.165) is 0 Å². The van der Waals surface area contributed by atoms with Gasteiger partial charge in [0.05, 0.1) is 0 Å². The number of hydrogen-bond donors (Lipinski definition) is 1. The Balaban J connectivity index is -0.0000000326. The summed E-state index contributed by atoms with van der Waals surface area (Å²) in [6.07, 6.45) is 0. The SMILES string of the molecule is O=NO.[Na+].[Na+].[O]=[Mo](=[O])([O-])[O-]. The van der Waals surface area contributed by atoms with Crippen molar-refractivity contribution in [3.63, 3.8) is 0 Å². The van der Waals surface area contributed by atoms with Gasteiger partial charge < -0.3 is 5.21 Å². The van der Waals surface area contributed by atoms with Crippen molar-refractivity contribution in [3.05, 3.63) is 4.91 Å². The molecule has 10 heavy (non-hydrogen) atoms. The minimum atomic E-state index is -6.02. The zero-order chi connectivity index (χ0) is 7.21. The first-order valence-corrected chi connectivity index (χ1v) is 4.33. The zero-order valence-corrected chi connectivity index (χ0v) is 11.4. The van der Waals surface area contributed by atoms with Crippen molar-refractivity contribution in [2.45, 2.75) is 0 Å². The Morgan fingerprint density at radius 2 is 1.20 bits per heavy atom. The summed E-state index contributed by atoms with van der Waals surface area (Å²) < 4.78 is 34.5. The van der Waals surface area contributed by atoms with Crippen LogP contribution in [-0.4, -0.2) is 5.21 Å². The first kappa shape index (κ1) is 22.6. The monoisotopic (exact) mass is 255 g/mol. The molecule has 0 aromatic heterocycles. The fourth-order valence-corrected chi connectivity index (χ4v) is 0. The van der Waals surface area contributed by atoms with E-state index >= 15 is 0 Å². The summed E-state index contributed by atoms with van der Waals surface area (Å²) >= 11 is -6.02. The van der Waals surface area contributed by atoms with Gasteiger partial charge in [-0.2, -0.15) is 0 Å². The Hall–Kier alpha value is 1.61. The van der Waals surface area contributed by atoms with E-state index in [-0.39, 0.29) is 59.1 Å². The van der Waals surface area contributed by atoms with Crippen LogP contribution in [0.25, 0.3) is 0 Å². The predicted octanol–water partition coefficient (Wildman–Crippen LogP) is -8.47. The van der Waals surface area contributed by atoms with Crippen molar-refractivity contribution in [2.24, 2.45) is 5.34 Å². The van der Waals surface area contributed by atoms with Gasteiger partial charge in [0.1, 0.15) is 0 Å². The number of hydrogen-bond acceptors (Lipinski definition) is 6. The van der Waals surface area contributed by atoms with E-state index in [2.05, 4.69) is 0 Å². The maximum atomic E-state index is 8.63. The van der Waals surface area contributed by atoms with E-state index in [1.807, 2.05) is 0 Å². The van der Waals surface area contributed by atoms with Crippen LogP contribution in [0.4, 0.5) is 0 Å². The number of rotatable bonds is 0. The standard InChI is InChI=1S/Mo.HNO2.2Na.4O/c;2-1-3;;;;;;/h;(H,2,3);;;;;;/q;;2*+1;;;2*-1. The van der Waals surface area contributed by atoms with E-state index in [1.165, 1.54) is 5.34 Å². The molecular weight excluding hydrogens is 252 g/mol. The Morgan fingerprint density at radius 3 is 1.20 bits per heavy atom. The molecule has 0 radical (unpaired) electrons. The maximum absolute atomic E-state index is 8.63. The van der Waals surface area contributed by atoms with Gasteiger partial charge in [0, 0.05) is 0 Å². The number of nitrogens with zero attached hydrogens (tertiary/aromatic N) is 1. The second-order valence-electron chi connectivity index (χ2n) is 0.490. The van der Waals surface area contributed by atoms with E-state index < -0.39 is 16.7 Å². The van der Waals surface area contributed by atoms with Gasteiger partial charge in [-0.3, -0.25) is 0 Å². The molecule has 1 N–H and O–H groups in total. The molecule has 0 rings (SSSR count). The Kier molecular flexibility index (Phi) is 29.8. The van der Waals surface area contributed by atoms with Gasteiger partial charge in [-0.15, -0.1) is 4.91 Å². The molecule has 0 spiro atoms. The molecule has 0 atom stereocenters. The fourth-order valence-electron chi connectivity index (χ4n) is 0. The van der Waals surface area contributed by atoms with Crippen LogP contribution in [0.3, 0.4) is 0 Å². The average Bonchev–Trinajstić information content (AvgIpc) is 1.27. The van der Waals surface area contributed by atoms with Crippen molar-refractivity contribution in [1.29, 1.82) is 0 Å². The van der Waals surface area contributed by atoms with Crippen LogP contribution in [-0.2, 0) is 23.5 Å².